The Hall–Kier alpha value is -3.62. The van der Waals surface area contributed by atoms with Crippen molar-refractivity contribution in [1.82, 2.24) is 14.9 Å². The minimum Gasteiger partial charge on any atom is -0.378 e. The van der Waals surface area contributed by atoms with E-state index in [4.69, 9.17) is 15.7 Å². The number of carbonyl (C=O) groups is 1. The molecule has 1 aliphatic carbocycles. The first-order chi connectivity index (χ1) is 16.8. The summed E-state index contributed by atoms with van der Waals surface area (Å²) in [5.41, 5.74) is 6.11. The molecule has 11 heteroatoms. The number of nitriles is 1. The van der Waals surface area contributed by atoms with Gasteiger partial charge in [-0.25, -0.2) is 23.7 Å². The molecule has 0 spiro atoms. The number of benzene rings is 1. The monoisotopic (exact) mass is 494 g/mol. The number of aromatic nitrogens is 2. The van der Waals surface area contributed by atoms with Crippen LogP contribution in [-0.2, 0) is 15.1 Å². The van der Waals surface area contributed by atoms with Gasteiger partial charge in [0.05, 0.1) is 25.6 Å². The highest BCUT2D eigenvalue weighted by atomic mass is 32.2. The lowest BCUT2D eigenvalue weighted by Crippen LogP contribution is -2.50. The zero-order chi connectivity index (χ0) is 24.8. The van der Waals surface area contributed by atoms with E-state index in [-0.39, 0.29) is 28.0 Å². The van der Waals surface area contributed by atoms with Crippen LogP contribution in [0.2, 0.25) is 0 Å². The van der Waals surface area contributed by atoms with Gasteiger partial charge in [-0.2, -0.15) is 5.26 Å². The van der Waals surface area contributed by atoms with E-state index >= 15 is 4.39 Å². The van der Waals surface area contributed by atoms with Gasteiger partial charge >= 0.3 is 0 Å². The smallest absolute Gasteiger partial charge is 0.247 e. The number of carbonyl (C=O) groups excluding carboxylic acids is 1. The van der Waals surface area contributed by atoms with Gasteiger partial charge in [-0.15, -0.1) is 0 Å². The van der Waals surface area contributed by atoms with Crippen LogP contribution in [-0.4, -0.2) is 57.0 Å². The number of nitrogens with two attached hydrogens (primary N) is 1. The number of thioether (sulfide) groups is 1. The Balaban J connectivity index is 1.48. The Morgan fingerprint density at radius 1 is 1.31 bits per heavy atom. The van der Waals surface area contributed by atoms with Crippen LogP contribution in [0.25, 0.3) is 11.9 Å². The van der Waals surface area contributed by atoms with Gasteiger partial charge in [-0.3, -0.25) is 4.79 Å². The molecule has 8 nitrogen and oxygen atoms in total. The van der Waals surface area contributed by atoms with Crippen LogP contribution in [0.15, 0.2) is 47.2 Å². The molecule has 178 valence electrons. The Morgan fingerprint density at radius 3 is 2.77 bits per heavy atom. The number of fused-ring (bicyclic) bond motifs is 1. The van der Waals surface area contributed by atoms with Crippen LogP contribution in [0.1, 0.15) is 29.4 Å². The molecule has 1 aromatic heterocycles. The highest BCUT2D eigenvalue weighted by Crippen LogP contribution is 2.61. The third kappa shape index (κ3) is 3.98. The predicted octanol–water partition coefficient (Wildman–Crippen LogP) is 2.77. The van der Waals surface area contributed by atoms with Crippen molar-refractivity contribution in [2.45, 2.75) is 17.2 Å². The summed E-state index contributed by atoms with van der Waals surface area (Å²) in [6.45, 7) is 3.57. The molecular weight excluding hydrogens is 474 g/mol. The fraction of sp³-hybridized carbons (Fsp3) is 0.292. The normalized spacial score (nSPS) is 25.8. The maximum absolute atomic E-state index is 15.1. The van der Waals surface area contributed by atoms with Crippen molar-refractivity contribution in [1.29, 1.82) is 5.26 Å². The summed E-state index contributed by atoms with van der Waals surface area (Å²) in [6, 6.07) is 5.96. The van der Waals surface area contributed by atoms with E-state index in [9.17, 15) is 9.18 Å². The minimum atomic E-state index is -1.23. The van der Waals surface area contributed by atoms with Crippen molar-refractivity contribution in [2.24, 2.45) is 10.7 Å². The Kier molecular flexibility index (Phi) is 5.65. The lowest BCUT2D eigenvalue weighted by atomic mass is 9.85. The number of amidine groups is 1. The van der Waals surface area contributed by atoms with E-state index in [1.807, 2.05) is 6.07 Å². The van der Waals surface area contributed by atoms with Crippen LogP contribution in [0.4, 0.5) is 8.78 Å². The fourth-order valence-electron chi connectivity index (χ4n) is 4.38. The van der Waals surface area contributed by atoms with Crippen molar-refractivity contribution >= 4 is 34.7 Å². The average molecular weight is 495 g/mol. The van der Waals surface area contributed by atoms with E-state index < -0.39 is 21.9 Å². The summed E-state index contributed by atoms with van der Waals surface area (Å²) in [5, 5.41) is 9.00. The third-order valence-corrected chi connectivity index (χ3v) is 7.36. The molecule has 0 radical (unpaired) electrons. The van der Waals surface area contributed by atoms with Gasteiger partial charge in [-0.1, -0.05) is 23.9 Å². The average Bonchev–Trinajstić information content (AvgIpc) is 3.62. The second kappa shape index (κ2) is 8.55. The van der Waals surface area contributed by atoms with Crippen molar-refractivity contribution in [3.05, 3.63) is 70.6 Å². The van der Waals surface area contributed by atoms with Crippen molar-refractivity contribution in [3.8, 4) is 6.07 Å². The van der Waals surface area contributed by atoms with Crippen LogP contribution >= 0.6 is 11.8 Å². The predicted molar refractivity (Wildman–Crippen MR) is 127 cm³/mol. The van der Waals surface area contributed by atoms with E-state index in [0.29, 0.717) is 37.4 Å². The van der Waals surface area contributed by atoms with Crippen LogP contribution in [0.3, 0.4) is 0 Å². The molecule has 0 saturated carbocycles. The van der Waals surface area contributed by atoms with Crippen molar-refractivity contribution in [2.75, 3.05) is 26.3 Å². The first-order valence-corrected chi connectivity index (χ1v) is 11.6. The summed E-state index contributed by atoms with van der Waals surface area (Å²) in [7, 11) is 0. The lowest BCUT2D eigenvalue weighted by Gasteiger charge is -2.37. The molecule has 3 heterocycles. The summed E-state index contributed by atoms with van der Waals surface area (Å²) < 4.78 is 34.3. The summed E-state index contributed by atoms with van der Waals surface area (Å²) in [4.78, 5) is 27.3. The maximum atomic E-state index is 15.1. The quantitative estimate of drug-likeness (QED) is 0.650. The van der Waals surface area contributed by atoms with Gasteiger partial charge in [0.2, 0.25) is 5.91 Å². The number of halogens is 2. The molecule has 0 bridgehead atoms. The van der Waals surface area contributed by atoms with Crippen LogP contribution in [0, 0.1) is 17.1 Å². The largest absolute Gasteiger partial charge is 0.378 e. The number of amides is 1. The molecule has 1 saturated heterocycles. The molecule has 35 heavy (non-hydrogen) atoms. The SMILES string of the molecule is C[C@]1(c2cc(/C=C(\F)c3cnc(C#N)cn3)ccc2F)N=C(N)S[C@@]2(C(=O)N3CCOCC3)C=C21. The lowest BCUT2D eigenvalue weighted by molar-refractivity contribution is -0.135. The molecule has 1 aromatic carbocycles. The molecule has 2 aliphatic heterocycles. The van der Waals surface area contributed by atoms with Crippen LogP contribution < -0.4 is 5.73 Å². The number of nitrogens with zero attached hydrogens (tertiary/aromatic N) is 5. The van der Waals surface area contributed by atoms with Crippen LogP contribution in [0.5, 0.6) is 0 Å². The summed E-state index contributed by atoms with van der Waals surface area (Å²) in [5.74, 6) is -1.37. The maximum Gasteiger partial charge on any atom is 0.247 e. The third-order valence-electron chi connectivity index (χ3n) is 6.22. The topological polar surface area (TPSA) is 117 Å². The zero-order valence-corrected chi connectivity index (χ0v) is 19.5. The molecule has 3 aliphatic rings. The molecule has 1 amide bonds. The summed E-state index contributed by atoms with van der Waals surface area (Å²) >= 11 is 1.15. The van der Waals surface area contributed by atoms with E-state index in [0.717, 1.165) is 18.0 Å². The van der Waals surface area contributed by atoms with Gasteiger partial charge in [0, 0.05) is 18.7 Å². The first-order valence-electron chi connectivity index (χ1n) is 10.8. The Bertz CT molecular complexity index is 1350. The molecular formula is C24H20F2N6O2S. The summed E-state index contributed by atoms with van der Waals surface area (Å²) in [6.07, 6.45) is 5.30. The zero-order valence-electron chi connectivity index (χ0n) is 18.7. The molecule has 2 atom stereocenters. The second-order valence-corrected chi connectivity index (χ2v) is 9.72. The van der Waals surface area contributed by atoms with Gasteiger partial charge in [-0.05, 0) is 36.3 Å². The number of ether oxygens (including phenoxy) is 1. The Morgan fingerprint density at radius 2 is 2.09 bits per heavy atom. The fourth-order valence-corrected chi connectivity index (χ4v) is 5.64. The second-order valence-electron chi connectivity index (χ2n) is 8.45. The van der Waals surface area contributed by atoms with E-state index in [2.05, 4.69) is 15.0 Å². The number of rotatable bonds is 4. The molecule has 5 rings (SSSR count). The number of hydrogen-bond acceptors (Lipinski definition) is 8. The number of hydrogen-bond donors (Lipinski definition) is 1. The molecule has 0 unspecified atom stereocenters. The minimum absolute atomic E-state index is 0.0579. The molecule has 2 N–H and O–H groups in total. The Labute approximate surface area is 204 Å². The van der Waals surface area contributed by atoms with E-state index in [1.54, 1.807) is 17.9 Å². The van der Waals surface area contributed by atoms with Gasteiger partial charge in [0.15, 0.2) is 16.7 Å². The van der Waals surface area contributed by atoms with Gasteiger partial charge in [0.25, 0.3) is 0 Å². The number of morpholine rings is 1. The molecule has 2 aromatic rings. The van der Waals surface area contributed by atoms with E-state index in [1.165, 1.54) is 30.5 Å². The van der Waals surface area contributed by atoms with Crippen molar-refractivity contribution < 1.29 is 18.3 Å². The first kappa shape index (κ1) is 23.1. The van der Waals surface area contributed by atoms with Crippen molar-refractivity contribution in [3.63, 3.8) is 0 Å². The highest BCUT2D eigenvalue weighted by molar-refractivity contribution is 8.16. The van der Waals surface area contributed by atoms with Gasteiger partial charge in [0.1, 0.15) is 27.9 Å². The highest BCUT2D eigenvalue weighted by Gasteiger charge is 2.63. The standard InChI is InChI=1S/C24H20F2N6O2S/c1-23(20-10-24(20,35-22(28)31-23)21(33)32-4-6-34-7-5-32)16-8-14(2-3-17(16)25)9-18(26)19-13-29-15(11-27)12-30-19/h2-3,8-10,12-13H,4-7H2,1H3,(H2,28,31)/b18-9-/t23-,24+/m1/s1. The molecule has 1 fully saturated rings. The number of aliphatic imine (C=N–C) groups is 1. The van der Waals surface area contributed by atoms with Gasteiger partial charge < -0.3 is 15.4 Å².